The summed E-state index contributed by atoms with van der Waals surface area (Å²) in [6.07, 6.45) is -0.257. The summed E-state index contributed by atoms with van der Waals surface area (Å²) >= 11 is 12.5. The minimum absolute atomic E-state index is 0.131. The van der Waals surface area contributed by atoms with E-state index < -0.39 is 22.0 Å². The van der Waals surface area contributed by atoms with Crippen LogP contribution in [0.2, 0.25) is 10.0 Å². The highest BCUT2D eigenvalue weighted by Crippen LogP contribution is 2.35. The van der Waals surface area contributed by atoms with Crippen molar-refractivity contribution in [3.8, 4) is 11.5 Å². The molecule has 1 atom stereocenters. The van der Waals surface area contributed by atoms with Crippen molar-refractivity contribution in [1.82, 2.24) is 9.29 Å². The van der Waals surface area contributed by atoms with Crippen molar-refractivity contribution in [2.45, 2.75) is 58.6 Å². The molecule has 1 aliphatic rings. The van der Waals surface area contributed by atoms with Gasteiger partial charge in [0.25, 0.3) is 21.8 Å². The highest BCUT2D eigenvalue weighted by Gasteiger charge is 2.30. The monoisotopic (exact) mass is 643 g/mol. The Hall–Kier alpha value is -3.73. The molecule has 43 heavy (non-hydrogen) atoms. The summed E-state index contributed by atoms with van der Waals surface area (Å²) in [5.74, 6) is -0.212. The molecule has 2 N–H and O–H groups in total. The quantitative estimate of drug-likeness (QED) is 0.212. The van der Waals surface area contributed by atoms with Crippen LogP contribution >= 0.6 is 23.2 Å². The first-order valence-electron chi connectivity index (χ1n) is 13.6. The summed E-state index contributed by atoms with van der Waals surface area (Å²) in [7, 11) is -4.32. The number of sulfonamides is 1. The zero-order chi connectivity index (χ0) is 31.2. The molecule has 2 amide bonds. The number of nitrogens with one attached hydrogen (secondary N) is 2. The molecule has 2 heterocycles. The van der Waals surface area contributed by atoms with Crippen LogP contribution in [0.3, 0.4) is 0 Å². The highest BCUT2D eigenvalue weighted by atomic mass is 35.5. The molecule has 3 aromatic carbocycles. The molecule has 5 rings (SSSR count). The minimum Gasteiger partial charge on any atom is -0.494 e. The Morgan fingerprint density at radius 2 is 1.74 bits per heavy atom. The smallest absolute Gasteiger partial charge is 0.281 e. The summed E-state index contributed by atoms with van der Waals surface area (Å²) in [5.41, 5.74) is 4.08. The Morgan fingerprint density at radius 3 is 2.44 bits per heavy atom. The number of hydrogen-bond donors (Lipinski definition) is 2. The number of aryl methyl sites for hydroxylation is 5. The molecule has 0 aliphatic carbocycles. The van der Waals surface area contributed by atoms with Crippen molar-refractivity contribution in [2.24, 2.45) is 0 Å². The van der Waals surface area contributed by atoms with E-state index in [4.69, 9.17) is 32.7 Å². The van der Waals surface area contributed by atoms with E-state index >= 15 is 0 Å². The zero-order valence-corrected chi connectivity index (χ0v) is 26.6. The number of benzene rings is 3. The van der Waals surface area contributed by atoms with Gasteiger partial charge in [-0.15, -0.1) is 0 Å². The van der Waals surface area contributed by atoms with Gasteiger partial charge in [0.15, 0.2) is 6.10 Å². The first kappa shape index (κ1) is 30.7. The molecule has 0 fully saturated rings. The fourth-order valence-electron chi connectivity index (χ4n) is 5.28. The summed E-state index contributed by atoms with van der Waals surface area (Å²) in [4.78, 5) is 25.6. The molecule has 0 bridgehead atoms. The van der Waals surface area contributed by atoms with E-state index in [0.717, 1.165) is 22.0 Å². The Labute approximate surface area is 260 Å². The minimum atomic E-state index is -4.32. The SMILES string of the molecule is Cc1cc2c(cc1S(=O)(=O)NC(=O)c1c(C)c3cc(Cl)ccc3n1CCCOc1cc(C)c(Cl)c(C)c1)O[C@H](C)C(=O)N2. The van der Waals surface area contributed by atoms with Crippen LogP contribution in [0.4, 0.5) is 5.69 Å². The number of fused-ring (bicyclic) bond motifs is 2. The molecular formula is C31H31Cl2N3O6S. The van der Waals surface area contributed by atoms with Gasteiger partial charge in [-0.1, -0.05) is 23.2 Å². The summed E-state index contributed by atoms with van der Waals surface area (Å²) in [5, 5.41) is 4.63. The Morgan fingerprint density at radius 1 is 1.05 bits per heavy atom. The van der Waals surface area contributed by atoms with Gasteiger partial charge in [-0.25, -0.2) is 13.1 Å². The Bertz CT molecular complexity index is 1880. The van der Waals surface area contributed by atoms with Gasteiger partial charge >= 0.3 is 0 Å². The number of ether oxygens (including phenoxy) is 2. The third-order valence-corrected chi connectivity index (χ3v) is 9.73. The standard InChI is InChI=1S/C31H31Cl2N3O6S/c1-16-13-24-26(42-20(5)30(37)34-24)15-27(16)43(39,40)35-31(38)29-19(4)23-14-21(32)7-8-25(23)36(29)9-6-10-41-22-11-17(2)28(33)18(3)12-22/h7-8,11-15,20H,6,9-10H2,1-5H3,(H,34,37)(H,35,38)/t20-/m1/s1. The second-order valence-electron chi connectivity index (χ2n) is 10.7. The lowest BCUT2D eigenvalue weighted by Crippen LogP contribution is -2.35. The average Bonchev–Trinajstić information content (AvgIpc) is 3.20. The lowest BCUT2D eigenvalue weighted by molar-refractivity contribution is -0.122. The van der Waals surface area contributed by atoms with Crippen LogP contribution in [-0.4, -0.2) is 37.5 Å². The van der Waals surface area contributed by atoms with Gasteiger partial charge in [0.05, 0.1) is 17.2 Å². The van der Waals surface area contributed by atoms with Gasteiger partial charge in [-0.05, 0) is 99.7 Å². The summed E-state index contributed by atoms with van der Waals surface area (Å²) < 4.78 is 42.6. The molecule has 9 nitrogen and oxygen atoms in total. The molecule has 4 aromatic rings. The fourth-order valence-corrected chi connectivity index (χ4v) is 6.76. The van der Waals surface area contributed by atoms with Crippen LogP contribution in [0, 0.1) is 27.7 Å². The predicted molar refractivity (Wildman–Crippen MR) is 167 cm³/mol. The lowest BCUT2D eigenvalue weighted by atomic mass is 10.1. The van der Waals surface area contributed by atoms with Crippen molar-refractivity contribution >= 4 is 61.6 Å². The van der Waals surface area contributed by atoms with Crippen molar-refractivity contribution in [3.63, 3.8) is 0 Å². The van der Waals surface area contributed by atoms with Crippen LogP contribution in [0.5, 0.6) is 11.5 Å². The number of nitrogens with zero attached hydrogens (tertiary/aromatic N) is 1. The molecule has 0 unspecified atom stereocenters. The number of carbonyl (C=O) groups excluding carboxylic acids is 2. The molecule has 0 saturated carbocycles. The first-order chi connectivity index (χ1) is 20.3. The number of anilines is 1. The number of amides is 2. The van der Waals surface area contributed by atoms with Crippen LogP contribution in [0.25, 0.3) is 10.9 Å². The van der Waals surface area contributed by atoms with Gasteiger partial charge in [0, 0.05) is 33.6 Å². The molecule has 226 valence electrons. The number of carbonyl (C=O) groups is 2. The second kappa shape index (κ2) is 11.7. The van der Waals surface area contributed by atoms with E-state index in [1.54, 1.807) is 37.5 Å². The average molecular weight is 645 g/mol. The third kappa shape index (κ3) is 6.04. The summed E-state index contributed by atoms with van der Waals surface area (Å²) in [6, 6.07) is 11.9. The second-order valence-corrected chi connectivity index (χ2v) is 13.1. The van der Waals surface area contributed by atoms with Crippen LogP contribution in [0.15, 0.2) is 47.4 Å². The molecule has 0 spiro atoms. The number of aromatic nitrogens is 1. The van der Waals surface area contributed by atoms with Crippen LogP contribution in [-0.2, 0) is 21.4 Å². The topological polar surface area (TPSA) is 116 Å². The van der Waals surface area contributed by atoms with Gasteiger partial charge in [-0.3, -0.25) is 9.59 Å². The van der Waals surface area contributed by atoms with E-state index in [-0.39, 0.29) is 22.2 Å². The zero-order valence-electron chi connectivity index (χ0n) is 24.3. The van der Waals surface area contributed by atoms with E-state index in [1.807, 2.05) is 32.0 Å². The maximum absolute atomic E-state index is 13.7. The number of rotatable bonds is 8. The molecule has 0 saturated heterocycles. The van der Waals surface area contributed by atoms with Crippen LogP contribution < -0.4 is 19.5 Å². The van der Waals surface area contributed by atoms with Crippen molar-refractivity contribution in [3.05, 3.63) is 80.5 Å². The Balaban J connectivity index is 1.42. The molecule has 12 heteroatoms. The van der Waals surface area contributed by atoms with E-state index in [2.05, 4.69) is 10.0 Å². The number of halogens is 2. The van der Waals surface area contributed by atoms with E-state index in [0.29, 0.717) is 52.2 Å². The third-order valence-electron chi connectivity index (χ3n) is 7.42. The normalized spacial score (nSPS) is 14.7. The van der Waals surface area contributed by atoms with Gasteiger partial charge in [0.2, 0.25) is 0 Å². The first-order valence-corrected chi connectivity index (χ1v) is 15.9. The van der Waals surface area contributed by atoms with E-state index in [1.165, 1.54) is 12.1 Å². The maximum atomic E-state index is 13.7. The van der Waals surface area contributed by atoms with Crippen molar-refractivity contribution in [2.75, 3.05) is 11.9 Å². The predicted octanol–water partition coefficient (Wildman–Crippen LogP) is 6.49. The lowest BCUT2D eigenvalue weighted by Gasteiger charge is -2.24. The van der Waals surface area contributed by atoms with Crippen molar-refractivity contribution in [1.29, 1.82) is 0 Å². The maximum Gasteiger partial charge on any atom is 0.281 e. The van der Waals surface area contributed by atoms with Gasteiger partial charge < -0.3 is 19.4 Å². The highest BCUT2D eigenvalue weighted by molar-refractivity contribution is 7.90. The summed E-state index contributed by atoms with van der Waals surface area (Å²) in [6.45, 7) is 9.46. The van der Waals surface area contributed by atoms with Gasteiger partial charge in [-0.2, -0.15) is 0 Å². The number of hydrogen-bond acceptors (Lipinski definition) is 6. The van der Waals surface area contributed by atoms with Crippen molar-refractivity contribution < 1.29 is 27.5 Å². The molecule has 1 aliphatic heterocycles. The fraction of sp³-hybridized carbons (Fsp3) is 0.290. The van der Waals surface area contributed by atoms with Crippen LogP contribution in [0.1, 0.15) is 46.1 Å². The van der Waals surface area contributed by atoms with E-state index in [9.17, 15) is 18.0 Å². The van der Waals surface area contributed by atoms with Gasteiger partial charge in [0.1, 0.15) is 17.2 Å². The molecular weight excluding hydrogens is 613 g/mol. The molecule has 1 aromatic heterocycles. The largest absolute Gasteiger partial charge is 0.494 e. The molecule has 0 radical (unpaired) electrons. The Kier molecular flexibility index (Phi) is 8.39.